The zero-order valence-corrected chi connectivity index (χ0v) is 16.3. The molecule has 0 amide bonds. The van der Waals surface area contributed by atoms with Crippen molar-refractivity contribution in [3.8, 4) is 11.5 Å². The number of fused-ring (bicyclic) bond motifs is 1. The number of benzene rings is 2. The van der Waals surface area contributed by atoms with Gasteiger partial charge in [0.1, 0.15) is 0 Å². The van der Waals surface area contributed by atoms with E-state index in [9.17, 15) is 8.42 Å². The number of nitrogens with two attached hydrogens (primary N) is 1. The largest absolute Gasteiger partial charge is 0.454 e. The standard InChI is InChI=1S/C19H20ClNO5S/c1-24-10-19(9-21)17(12-2-7-15-16(8-12)26-11-25-15)18(19)27(22,23)14-5-3-13(20)4-6-14/h2-8,17-18H,9-11,21H2,1H3/t17-,18+,19+/m0/s1. The fraction of sp³-hybridized carbons (Fsp3) is 0.368. The van der Waals surface area contributed by atoms with Crippen LogP contribution in [0, 0.1) is 5.41 Å². The normalized spacial score (nSPS) is 26.2. The quantitative estimate of drug-likeness (QED) is 0.789. The molecule has 6 nitrogen and oxygen atoms in total. The van der Waals surface area contributed by atoms with Gasteiger partial charge in [0.2, 0.25) is 6.79 Å². The second-order valence-corrected chi connectivity index (χ2v) is 9.39. The summed E-state index contributed by atoms with van der Waals surface area (Å²) < 4.78 is 42.9. The topological polar surface area (TPSA) is 87.9 Å². The van der Waals surface area contributed by atoms with Crippen molar-refractivity contribution in [3.63, 3.8) is 0 Å². The molecule has 0 unspecified atom stereocenters. The molecule has 0 radical (unpaired) electrons. The maximum Gasteiger partial charge on any atom is 0.231 e. The van der Waals surface area contributed by atoms with Gasteiger partial charge < -0.3 is 19.9 Å². The van der Waals surface area contributed by atoms with Crippen molar-refractivity contribution in [2.24, 2.45) is 11.1 Å². The Morgan fingerprint density at radius 3 is 2.56 bits per heavy atom. The molecule has 3 atom stereocenters. The molecule has 144 valence electrons. The molecule has 27 heavy (non-hydrogen) atoms. The van der Waals surface area contributed by atoms with Gasteiger partial charge in [-0.05, 0) is 42.0 Å². The first-order valence-corrected chi connectivity index (χ1v) is 10.4. The molecule has 2 aromatic carbocycles. The van der Waals surface area contributed by atoms with Crippen LogP contribution in [-0.4, -0.2) is 40.7 Å². The van der Waals surface area contributed by atoms with E-state index in [1.165, 1.54) is 12.1 Å². The Bertz CT molecular complexity index is 963. The number of hydrogen-bond acceptors (Lipinski definition) is 6. The van der Waals surface area contributed by atoms with Crippen LogP contribution in [0.15, 0.2) is 47.4 Å². The Hall–Kier alpha value is -1.80. The Morgan fingerprint density at radius 1 is 1.19 bits per heavy atom. The lowest BCUT2D eigenvalue weighted by Crippen LogP contribution is -2.28. The Kier molecular flexibility index (Phi) is 4.58. The third-order valence-corrected chi connectivity index (χ3v) is 8.00. The van der Waals surface area contributed by atoms with Crippen LogP contribution in [0.1, 0.15) is 11.5 Å². The highest BCUT2D eigenvalue weighted by atomic mass is 35.5. The molecule has 1 aliphatic carbocycles. The smallest absolute Gasteiger partial charge is 0.231 e. The summed E-state index contributed by atoms with van der Waals surface area (Å²) in [6.07, 6.45) is 0. The van der Waals surface area contributed by atoms with Gasteiger partial charge in [0, 0.05) is 30.0 Å². The molecule has 2 aromatic rings. The zero-order valence-electron chi connectivity index (χ0n) is 14.7. The van der Waals surface area contributed by atoms with E-state index in [0.29, 0.717) is 16.5 Å². The van der Waals surface area contributed by atoms with Crippen LogP contribution >= 0.6 is 11.6 Å². The molecule has 2 N–H and O–H groups in total. The van der Waals surface area contributed by atoms with Crippen LogP contribution in [0.5, 0.6) is 11.5 Å². The second kappa shape index (κ2) is 6.67. The Balaban J connectivity index is 1.76. The van der Waals surface area contributed by atoms with Gasteiger partial charge in [-0.3, -0.25) is 0 Å². The first-order chi connectivity index (χ1) is 12.9. The minimum absolute atomic E-state index is 0.163. The molecule has 8 heteroatoms. The van der Waals surface area contributed by atoms with E-state index in [2.05, 4.69) is 0 Å². The molecule has 0 aromatic heterocycles. The molecule has 1 aliphatic heterocycles. The summed E-state index contributed by atoms with van der Waals surface area (Å²) in [5, 5.41) is -0.199. The number of methoxy groups -OCH3 is 1. The summed E-state index contributed by atoms with van der Waals surface area (Å²) in [7, 11) is -2.07. The molecular formula is C19H20ClNO5S. The van der Waals surface area contributed by atoms with Gasteiger partial charge in [-0.25, -0.2) is 8.42 Å². The van der Waals surface area contributed by atoms with E-state index in [0.717, 1.165) is 5.56 Å². The minimum atomic E-state index is -3.63. The van der Waals surface area contributed by atoms with E-state index >= 15 is 0 Å². The SMILES string of the molecule is COC[C@@]1(CN)[C@H](S(=O)(=O)c2ccc(Cl)cc2)[C@@H]1c1ccc2c(c1)OCO2. The summed E-state index contributed by atoms with van der Waals surface area (Å²) in [5.74, 6) is 0.976. The lowest BCUT2D eigenvalue weighted by atomic mass is 9.99. The van der Waals surface area contributed by atoms with Crippen LogP contribution < -0.4 is 15.2 Å². The van der Waals surface area contributed by atoms with E-state index in [1.54, 1.807) is 25.3 Å². The third kappa shape index (κ3) is 2.89. The zero-order chi connectivity index (χ0) is 19.2. The maximum absolute atomic E-state index is 13.4. The number of halogens is 1. The van der Waals surface area contributed by atoms with Crippen LogP contribution in [0.4, 0.5) is 0 Å². The summed E-state index contributed by atoms with van der Waals surface area (Å²) in [5.41, 5.74) is 6.22. The average Bonchev–Trinajstić information content (AvgIpc) is 3.10. The summed E-state index contributed by atoms with van der Waals surface area (Å²) in [4.78, 5) is 0.231. The molecule has 0 saturated heterocycles. The molecule has 1 heterocycles. The molecule has 0 bridgehead atoms. The highest BCUT2D eigenvalue weighted by Gasteiger charge is 2.70. The number of rotatable bonds is 6. The fourth-order valence-electron chi connectivity index (χ4n) is 4.07. The highest BCUT2D eigenvalue weighted by Crippen LogP contribution is 2.64. The number of ether oxygens (including phenoxy) is 3. The molecule has 0 spiro atoms. The lowest BCUT2D eigenvalue weighted by molar-refractivity contribution is 0.142. The summed E-state index contributed by atoms with van der Waals surface area (Å²) in [6.45, 7) is 0.605. The van der Waals surface area contributed by atoms with Crippen molar-refractivity contribution < 1.29 is 22.6 Å². The number of sulfone groups is 1. The predicted molar refractivity (Wildman–Crippen MR) is 101 cm³/mol. The molecular weight excluding hydrogens is 390 g/mol. The Morgan fingerprint density at radius 2 is 1.89 bits per heavy atom. The molecule has 1 fully saturated rings. The van der Waals surface area contributed by atoms with Crippen molar-refractivity contribution in [1.82, 2.24) is 0 Å². The van der Waals surface area contributed by atoms with Crippen molar-refractivity contribution in [1.29, 1.82) is 0 Å². The third-order valence-electron chi connectivity index (χ3n) is 5.40. The van der Waals surface area contributed by atoms with Crippen LogP contribution in [0.25, 0.3) is 0 Å². The maximum atomic E-state index is 13.4. The van der Waals surface area contributed by atoms with Gasteiger partial charge in [0.05, 0.1) is 16.8 Å². The predicted octanol–water partition coefficient (Wildman–Crippen LogP) is 2.60. The van der Waals surface area contributed by atoms with Gasteiger partial charge in [-0.1, -0.05) is 17.7 Å². The summed E-state index contributed by atoms with van der Waals surface area (Å²) in [6, 6.07) is 11.7. The monoisotopic (exact) mass is 409 g/mol. The van der Waals surface area contributed by atoms with Gasteiger partial charge in [0.15, 0.2) is 21.3 Å². The average molecular weight is 410 g/mol. The van der Waals surface area contributed by atoms with E-state index in [4.69, 9.17) is 31.5 Å². The van der Waals surface area contributed by atoms with Crippen molar-refractivity contribution >= 4 is 21.4 Å². The van der Waals surface area contributed by atoms with Crippen LogP contribution in [0.2, 0.25) is 5.02 Å². The minimum Gasteiger partial charge on any atom is -0.454 e. The highest BCUT2D eigenvalue weighted by molar-refractivity contribution is 7.92. The van der Waals surface area contributed by atoms with E-state index in [-0.39, 0.29) is 30.8 Å². The lowest BCUT2D eigenvalue weighted by Gasteiger charge is -2.15. The fourth-order valence-corrected chi connectivity index (χ4v) is 6.64. The summed E-state index contributed by atoms with van der Waals surface area (Å²) >= 11 is 5.91. The number of hydrogen-bond donors (Lipinski definition) is 1. The molecule has 4 rings (SSSR count). The first kappa shape index (κ1) is 18.6. The van der Waals surface area contributed by atoms with Crippen molar-refractivity contribution in [2.45, 2.75) is 16.1 Å². The van der Waals surface area contributed by atoms with Crippen LogP contribution in [-0.2, 0) is 14.6 Å². The van der Waals surface area contributed by atoms with Gasteiger partial charge in [-0.15, -0.1) is 0 Å². The van der Waals surface area contributed by atoms with Gasteiger partial charge in [-0.2, -0.15) is 0 Å². The first-order valence-electron chi connectivity index (χ1n) is 8.52. The Labute approximate surface area is 163 Å². The van der Waals surface area contributed by atoms with Crippen molar-refractivity contribution in [2.75, 3.05) is 27.1 Å². The van der Waals surface area contributed by atoms with Gasteiger partial charge in [0.25, 0.3) is 0 Å². The molecule has 1 saturated carbocycles. The van der Waals surface area contributed by atoms with Gasteiger partial charge >= 0.3 is 0 Å². The second-order valence-electron chi connectivity index (χ2n) is 6.88. The van der Waals surface area contributed by atoms with E-state index < -0.39 is 20.5 Å². The van der Waals surface area contributed by atoms with E-state index in [1.807, 2.05) is 12.1 Å². The molecule has 2 aliphatic rings. The van der Waals surface area contributed by atoms with Crippen LogP contribution in [0.3, 0.4) is 0 Å². The van der Waals surface area contributed by atoms with Crippen molar-refractivity contribution in [3.05, 3.63) is 53.1 Å².